The van der Waals surface area contributed by atoms with Crippen LogP contribution in [0.2, 0.25) is 0 Å². The van der Waals surface area contributed by atoms with Crippen LogP contribution in [0.3, 0.4) is 0 Å². The molecule has 0 spiro atoms. The number of hydrogen-bond donors (Lipinski definition) is 3. The zero-order valence-electron chi connectivity index (χ0n) is 25.4. The van der Waals surface area contributed by atoms with E-state index in [1.54, 1.807) is 30.5 Å². The minimum absolute atomic E-state index is 0.114. The number of imidazole rings is 1. The van der Waals surface area contributed by atoms with Crippen LogP contribution in [0.4, 0.5) is 11.4 Å². The number of para-hydroxylation sites is 1. The molecule has 0 saturated heterocycles. The minimum atomic E-state index is -0.710. The second kappa shape index (κ2) is 13.8. The van der Waals surface area contributed by atoms with Gasteiger partial charge in [-0.1, -0.05) is 24.3 Å². The molecule has 0 aliphatic rings. The number of carbonyl (C=O) groups is 2. The fourth-order valence-corrected chi connectivity index (χ4v) is 5.33. The number of halogens is 1. The maximum Gasteiger partial charge on any atom is 0.291 e. The molecule has 0 aliphatic carbocycles. The topological polar surface area (TPSA) is 149 Å². The number of fused-ring (bicyclic) bond motifs is 2. The van der Waals surface area contributed by atoms with Crippen LogP contribution < -0.4 is 30.9 Å². The summed E-state index contributed by atoms with van der Waals surface area (Å²) in [4.78, 5) is 47.9. The number of rotatable bonds is 11. The highest BCUT2D eigenvalue weighted by Crippen LogP contribution is 2.34. The number of aromatic nitrogens is 3. The Morgan fingerprint density at radius 1 is 0.915 bits per heavy atom. The lowest BCUT2D eigenvalue weighted by Crippen LogP contribution is -2.20. The van der Waals surface area contributed by atoms with Crippen molar-refractivity contribution in [3.8, 4) is 11.5 Å². The quantitative estimate of drug-likeness (QED) is 0.150. The maximum atomic E-state index is 13.5. The van der Waals surface area contributed by atoms with Gasteiger partial charge >= 0.3 is 0 Å². The smallest absolute Gasteiger partial charge is 0.291 e. The predicted molar refractivity (Wildman–Crippen MR) is 180 cm³/mol. The Morgan fingerprint density at radius 3 is 2.47 bits per heavy atom. The third-order valence-electron chi connectivity index (χ3n) is 7.42. The van der Waals surface area contributed by atoms with Crippen molar-refractivity contribution < 1.29 is 23.5 Å². The summed E-state index contributed by atoms with van der Waals surface area (Å²) in [7, 11) is 2.89. The van der Waals surface area contributed by atoms with E-state index in [1.165, 1.54) is 26.4 Å². The lowest BCUT2D eigenvalue weighted by Gasteiger charge is -2.16. The molecule has 0 unspecified atom stereocenters. The Labute approximate surface area is 276 Å². The molecule has 3 heterocycles. The van der Waals surface area contributed by atoms with Gasteiger partial charge in [-0.2, -0.15) is 0 Å². The summed E-state index contributed by atoms with van der Waals surface area (Å²) in [6.07, 6.45) is 6.19. The number of amides is 2. The first-order chi connectivity index (χ1) is 22.8. The number of hydrogen-bond acceptors (Lipinski definition) is 9. The summed E-state index contributed by atoms with van der Waals surface area (Å²) in [6, 6.07) is 18.2. The molecule has 3 aromatic heterocycles. The molecule has 12 nitrogen and oxygen atoms in total. The highest BCUT2D eigenvalue weighted by atomic mass is 79.9. The van der Waals surface area contributed by atoms with Crippen molar-refractivity contribution >= 4 is 55.7 Å². The highest BCUT2D eigenvalue weighted by molar-refractivity contribution is 9.10. The molecule has 0 bridgehead atoms. The average molecular weight is 698 g/mol. The third-order valence-corrected chi connectivity index (χ3v) is 7.83. The summed E-state index contributed by atoms with van der Waals surface area (Å²) >= 11 is 3.39. The molecule has 0 fully saturated rings. The van der Waals surface area contributed by atoms with Gasteiger partial charge in [-0.3, -0.25) is 18.8 Å². The van der Waals surface area contributed by atoms with Gasteiger partial charge in [0.1, 0.15) is 10.2 Å². The van der Waals surface area contributed by atoms with Crippen molar-refractivity contribution in [2.45, 2.75) is 13.0 Å². The standard InChI is InChI=1S/C34H29BrN6O6/c1-45-28-13-24(25(14-29(28)46-2)40-34(44)30-15-26(42)23-5-3-4-6-27(23)47-30)33(43)39-21-9-7-20(8-10-21)11-12-36-16-22-17-38-32-18-37-31(35)19-41(22)32/h3-10,13-15,17-19,36H,11-12,16H2,1-2H3,(H,39,43)(H,40,44). The number of nitrogens with one attached hydrogen (secondary N) is 3. The van der Waals surface area contributed by atoms with Crippen LogP contribution >= 0.6 is 15.9 Å². The molecule has 13 heteroatoms. The molecule has 0 radical (unpaired) electrons. The zero-order chi connectivity index (χ0) is 32.9. The van der Waals surface area contributed by atoms with E-state index in [0.717, 1.165) is 40.5 Å². The van der Waals surface area contributed by atoms with Gasteiger partial charge in [-0.25, -0.2) is 9.97 Å². The predicted octanol–water partition coefficient (Wildman–Crippen LogP) is 5.45. The molecule has 0 atom stereocenters. The Hall–Kier alpha value is -5.53. The lowest BCUT2D eigenvalue weighted by molar-refractivity contribution is 0.0997. The number of benzene rings is 3. The van der Waals surface area contributed by atoms with Crippen LogP contribution in [0, 0.1) is 0 Å². The molecular weight excluding hydrogens is 668 g/mol. The van der Waals surface area contributed by atoms with E-state index in [4.69, 9.17) is 13.9 Å². The summed E-state index contributed by atoms with van der Waals surface area (Å²) in [5.41, 5.74) is 3.60. The molecule has 0 saturated carbocycles. The lowest BCUT2D eigenvalue weighted by atomic mass is 10.1. The normalized spacial score (nSPS) is 11.0. The molecule has 6 rings (SSSR count). The second-order valence-corrected chi connectivity index (χ2v) is 11.3. The van der Waals surface area contributed by atoms with Crippen LogP contribution in [0.1, 0.15) is 32.2 Å². The fraction of sp³-hybridized carbons (Fsp3) is 0.147. The van der Waals surface area contributed by atoms with Crippen LogP contribution in [-0.2, 0) is 13.0 Å². The monoisotopic (exact) mass is 696 g/mol. The van der Waals surface area contributed by atoms with E-state index < -0.39 is 11.8 Å². The Morgan fingerprint density at radius 2 is 1.68 bits per heavy atom. The van der Waals surface area contributed by atoms with Gasteiger partial charge < -0.3 is 29.8 Å². The van der Waals surface area contributed by atoms with E-state index in [2.05, 4.69) is 41.8 Å². The molecule has 0 aliphatic heterocycles. The maximum absolute atomic E-state index is 13.5. The summed E-state index contributed by atoms with van der Waals surface area (Å²) in [6.45, 7) is 1.38. The summed E-state index contributed by atoms with van der Waals surface area (Å²) < 4.78 is 19.2. The van der Waals surface area contributed by atoms with Gasteiger partial charge in [0.25, 0.3) is 11.8 Å². The molecule has 2 amide bonds. The number of ether oxygens (including phenoxy) is 2. The van der Waals surface area contributed by atoms with Crippen molar-refractivity contribution in [2.75, 3.05) is 31.4 Å². The Balaban J connectivity index is 1.13. The van der Waals surface area contributed by atoms with Gasteiger partial charge in [-0.15, -0.1) is 0 Å². The number of anilines is 2. The van der Waals surface area contributed by atoms with E-state index in [9.17, 15) is 14.4 Å². The van der Waals surface area contributed by atoms with Gasteiger partial charge in [0.2, 0.25) is 0 Å². The molecule has 6 aromatic rings. The largest absolute Gasteiger partial charge is 0.493 e. The Bertz CT molecular complexity index is 2160. The van der Waals surface area contributed by atoms with Crippen LogP contribution in [0.5, 0.6) is 11.5 Å². The van der Waals surface area contributed by atoms with Crippen molar-refractivity contribution in [1.82, 2.24) is 19.7 Å². The van der Waals surface area contributed by atoms with Crippen molar-refractivity contribution in [1.29, 1.82) is 0 Å². The molecule has 3 N–H and O–H groups in total. The van der Waals surface area contributed by atoms with Crippen LogP contribution in [-0.4, -0.2) is 46.9 Å². The first-order valence-corrected chi connectivity index (χ1v) is 15.3. The molecular formula is C34H29BrN6O6. The van der Waals surface area contributed by atoms with E-state index >= 15 is 0 Å². The number of carbonyl (C=O) groups excluding carboxylic acids is 2. The number of nitrogens with zero attached hydrogens (tertiary/aromatic N) is 3. The molecule has 3 aromatic carbocycles. The summed E-state index contributed by atoms with van der Waals surface area (Å²) in [5.74, 6) is -0.819. The number of methoxy groups -OCH3 is 2. The van der Waals surface area contributed by atoms with Gasteiger partial charge in [0.05, 0.1) is 48.9 Å². The van der Waals surface area contributed by atoms with Crippen molar-refractivity contribution in [2.24, 2.45) is 0 Å². The first kappa shape index (κ1) is 31.5. The van der Waals surface area contributed by atoms with Crippen molar-refractivity contribution in [3.05, 3.63) is 123 Å². The SMILES string of the molecule is COc1cc(NC(=O)c2cc(=O)c3ccccc3o2)c(C(=O)Nc2ccc(CCNCc3cnc4cnc(Br)cn34)cc2)cc1OC. The van der Waals surface area contributed by atoms with Gasteiger partial charge in [-0.05, 0) is 64.8 Å². The summed E-state index contributed by atoms with van der Waals surface area (Å²) in [5, 5.41) is 9.35. The zero-order valence-corrected chi connectivity index (χ0v) is 27.0. The minimum Gasteiger partial charge on any atom is -0.493 e. The van der Waals surface area contributed by atoms with Gasteiger partial charge in [0.15, 0.2) is 28.3 Å². The van der Waals surface area contributed by atoms with Gasteiger partial charge in [0, 0.05) is 30.6 Å². The van der Waals surface area contributed by atoms with Crippen LogP contribution in [0.25, 0.3) is 16.6 Å². The average Bonchev–Trinajstić information content (AvgIpc) is 3.48. The van der Waals surface area contributed by atoms with E-state index in [0.29, 0.717) is 29.1 Å². The highest BCUT2D eigenvalue weighted by Gasteiger charge is 2.21. The van der Waals surface area contributed by atoms with E-state index in [-0.39, 0.29) is 28.0 Å². The van der Waals surface area contributed by atoms with Crippen molar-refractivity contribution in [3.63, 3.8) is 0 Å². The molecule has 238 valence electrons. The van der Waals surface area contributed by atoms with Crippen LogP contribution in [0.15, 0.2) is 99.1 Å². The van der Waals surface area contributed by atoms with E-state index in [1.807, 2.05) is 41.1 Å². The Kier molecular flexibility index (Phi) is 9.27. The first-order valence-electron chi connectivity index (χ1n) is 14.5. The molecule has 47 heavy (non-hydrogen) atoms. The second-order valence-electron chi connectivity index (χ2n) is 10.4. The third kappa shape index (κ3) is 7.00. The fourth-order valence-electron chi connectivity index (χ4n) is 5.02.